The lowest BCUT2D eigenvalue weighted by Crippen LogP contribution is -2.10. The lowest BCUT2D eigenvalue weighted by Gasteiger charge is -2.09. The Balaban J connectivity index is 1.81. The summed E-state index contributed by atoms with van der Waals surface area (Å²) in [7, 11) is -3.94. The summed E-state index contributed by atoms with van der Waals surface area (Å²) in [6.07, 6.45) is 1.67. The highest BCUT2D eigenvalue weighted by atomic mass is 35.5. The van der Waals surface area contributed by atoms with Crippen molar-refractivity contribution in [1.82, 2.24) is 0 Å². The molecule has 6 heteroatoms. The van der Waals surface area contributed by atoms with Gasteiger partial charge in [0.2, 0.25) is 0 Å². The Bertz CT molecular complexity index is 1090. The molecule has 0 spiro atoms. The van der Waals surface area contributed by atoms with Gasteiger partial charge in [-0.25, -0.2) is 0 Å². The van der Waals surface area contributed by atoms with E-state index in [0.29, 0.717) is 0 Å². The molecule has 0 unspecified atom stereocenters. The summed E-state index contributed by atoms with van der Waals surface area (Å²) in [5, 5.41) is 0.194. The van der Waals surface area contributed by atoms with Gasteiger partial charge in [0.1, 0.15) is 4.90 Å². The van der Waals surface area contributed by atoms with Crippen LogP contribution in [0.2, 0.25) is 5.02 Å². The highest BCUT2D eigenvalue weighted by molar-refractivity contribution is 7.87. The maximum absolute atomic E-state index is 12.4. The van der Waals surface area contributed by atoms with Gasteiger partial charge in [0.15, 0.2) is 5.75 Å². The maximum atomic E-state index is 12.4. The molecule has 0 aromatic heterocycles. The third kappa shape index (κ3) is 4.76. The zero-order valence-corrected chi connectivity index (χ0v) is 16.5. The van der Waals surface area contributed by atoms with Crippen LogP contribution in [-0.2, 0) is 10.1 Å². The molecule has 138 valence electrons. The van der Waals surface area contributed by atoms with Crippen LogP contribution in [0.1, 0.15) is 16.7 Å². The first-order chi connectivity index (χ1) is 12.8. The first-order valence-electron chi connectivity index (χ1n) is 8.25. The Kier molecular flexibility index (Phi) is 5.63. The highest BCUT2D eigenvalue weighted by Gasteiger charge is 2.18. The topological polar surface area (TPSA) is 55.7 Å². The van der Waals surface area contributed by atoms with E-state index in [1.807, 2.05) is 38.1 Å². The fraction of sp³-hybridized carbons (Fsp3) is 0.0952. The molecule has 3 aromatic carbocycles. The maximum Gasteiger partial charge on any atom is 0.339 e. The van der Waals surface area contributed by atoms with Crippen molar-refractivity contribution in [2.75, 3.05) is 0 Å². The van der Waals surface area contributed by atoms with E-state index in [1.165, 1.54) is 18.2 Å². The second-order valence-corrected chi connectivity index (χ2v) is 8.04. The molecule has 0 heterocycles. The van der Waals surface area contributed by atoms with Gasteiger partial charge in [-0.3, -0.25) is 4.99 Å². The van der Waals surface area contributed by atoms with Crippen molar-refractivity contribution in [1.29, 1.82) is 0 Å². The second-order valence-electron chi connectivity index (χ2n) is 6.09. The molecular formula is C21H18ClNO3S. The summed E-state index contributed by atoms with van der Waals surface area (Å²) in [5.74, 6) is 0.0743. The molecular weight excluding hydrogens is 382 g/mol. The minimum Gasteiger partial charge on any atom is -0.377 e. The average Bonchev–Trinajstić information content (AvgIpc) is 2.63. The lowest BCUT2D eigenvalue weighted by atomic mass is 10.2. The molecule has 0 saturated carbocycles. The molecule has 0 radical (unpaired) electrons. The molecule has 0 N–H and O–H groups in total. The van der Waals surface area contributed by atoms with E-state index in [1.54, 1.807) is 30.5 Å². The van der Waals surface area contributed by atoms with Gasteiger partial charge >= 0.3 is 10.1 Å². The minimum atomic E-state index is -3.94. The molecule has 0 aliphatic heterocycles. The van der Waals surface area contributed by atoms with Crippen molar-refractivity contribution >= 4 is 33.6 Å². The lowest BCUT2D eigenvalue weighted by molar-refractivity contribution is 0.486. The molecule has 0 saturated heterocycles. The summed E-state index contributed by atoms with van der Waals surface area (Å²) in [6, 6.07) is 19.0. The first-order valence-corrected chi connectivity index (χ1v) is 10.0. The zero-order valence-electron chi connectivity index (χ0n) is 14.9. The molecule has 27 heavy (non-hydrogen) atoms. The Morgan fingerprint density at radius 2 is 1.67 bits per heavy atom. The zero-order chi connectivity index (χ0) is 19.4. The summed E-state index contributed by atoms with van der Waals surface area (Å²) in [5.41, 5.74) is 3.62. The van der Waals surface area contributed by atoms with E-state index in [4.69, 9.17) is 15.8 Å². The van der Waals surface area contributed by atoms with Gasteiger partial charge in [-0.15, -0.1) is 0 Å². The van der Waals surface area contributed by atoms with Crippen molar-refractivity contribution in [3.05, 3.63) is 88.4 Å². The van der Waals surface area contributed by atoms with Crippen molar-refractivity contribution in [2.45, 2.75) is 18.7 Å². The minimum absolute atomic E-state index is 0.0743. The fourth-order valence-electron chi connectivity index (χ4n) is 2.39. The van der Waals surface area contributed by atoms with Gasteiger partial charge in [-0.2, -0.15) is 8.42 Å². The van der Waals surface area contributed by atoms with Crippen LogP contribution in [0.4, 0.5) is 5.69 Å². The van der Waals surface area contributed by atoms with E-state index in [0.717, 1.165) is 22.4 Å². The van der Waals surface area contributed by atoms with E-state index in [9.17, 15) is 8.42 Å². The van der Waals surface area contributed by atoms with E-state index < -0.39 is 10.1 Å². The molecule has 0 bridgehead atoms. The summed E-state index contributed by atoms with van der Waals surface area (Å²) in [4.78, 5) is 4.51. The third-order valence-electron chi connectivity index (χ3n) is 3.93. The predicted octanol–water partition coefficient (Wildman–Crippen LogP) is 5.48. The number of para-hydroxylation sites is 1. The Labute approximate surface area is 164 Å². The standard InChI is InChI=1S/C21H18ClNO3S/c1-15-7-10-18(11-8-15)27(24,25)26-21-12-9-17(13-19(21)22)14-23-20-6-4-3-5-16(20)2/h3-14H,1-2H3. The van der Waals surface area contributed by atoms with Gasteiger partial charge in [-0.05, 0) is 61.4 Å². The second kappa shape index (κ2) is 7.94. The van der Waals surface area contributed by atoms with Crippen LogP contribution in [0.3, 0.4) is 0 Å². The van der Waals surface area contributed by atoms with Crippen molar-refractivity contribution in [3.8, 4) is 5.75 Å². The number of hydrogen-bond donors (Lipinski definition) is 0. The number of nitrogens with zero attached hydrogens (tertiary/aromatic N) is 1. The van der Waals surface area contributed by atoms with Crippen molar-refractivity contribution < 1.29 is 12.6 Å². The molecule has 0 atom stereocenters. The van der Waals surface area contributed by atoms with Gasteiger partial charge in [-0.1, -0.05) is 47.5 Å². The highest BCUT2D eigenvalue weighted by Crippen LogP contribution is 2.28. The monoisotopic (exact) mass is 399 g/mol. The van der Waals surface area contributed by atoms with Crippen molar-refractivity contribution in [2.24, 2.45) is 4.99 Å². The molecule has 0 aliphatic rings. The molecule has 3 rings (SSSR count). The number of benzene rings is 3. The van der Waals surface area contributed by atoms with Crippen LogP contribution in [0.25, 0.3) is 0 Å². The quantitative estimate of drug-likeness (QED) is 0.422. The van der Waals surface area contributed by atoms with Crippen LogP contribution in [-0.4, -0.2) is 14.6 Å². The Morgan fingerprint density at radius 1 is 0.963 bits per heavy atom. The van der Waals surface area contributed by atoms with Gasteiger partial charge in [0.25, 0.3) is 0 Å². The molecule has 0 amide bonds. The molecule has 0 aliphatic carbocycles. The molecule has 3 aromatic rings. The number of aliphatic imine (C=N–C) groups is 1. The SMILES string of the molecule is Cc1ccc(S(=O)(=O)Oc2ccc(C=Nc3ccccc3C)cc2Cl)cc1. The molecule has 4 nitrogen and oxygen atoms in total. The summed E-state index contributed by atoms with van der Waals surface area (Å²) < 4.78 is 30.0. The van der Waals surface area contributed by atoms with E-state index >= 15 is 0 Å². The largest absolute Gasteiger partial charge is 0.377 e. The number of halogens is 1. The van der Waals surface area contributed by atoms with Crippen LogP contribution in [0.5, 0.6) is 5.75 Å². The van der Waals surface area contributed by atoms with Gasteiger partial charge in [0, 0.05) is 6.21 Å². The average molecular weight is 400 g/mol. The predicted molar refractivity (Wildman–Crippen MR) is 109 cm³/mol. The smallest absolute Gasteiger partial charge is 0.339 e. The number of aryl methyl sites for hydroxylation is 2. The summed E-state index contributed by atoms with van der Waals surface area (Å²) >= 11 is 6.21. The third-order valence-corrected chi connectivity index (χ3v) is 5.48. The van der Waals surface area contributed by atoms with Crippen LogP contribution < -0.4 is 4.18 Å². The summed E-state index contributed by atoms with van der Waals surface area (Å²) in [6.45, 7) is 3.86. The molecule has 0 fully saturated rings. The van der Waals surface area contributed by atoms with Crippen LogP contribution in [0.15, 0.2) is 76.6 Å². The van der Waals surface area contributed by atoms with Crippen LogP contribution in [0, 0.1) is 13.8 Å². The van der Waals surface area contributed by atoms with Gasteiger partial charge < -0.3 is 4.18 Å². The van der Waals surface area contributed by atoms with Crippen LogP contribution >= 0.6 is 11.6 Å². The van der Waals surface area contributed by atoms with E-state index in [2.05, 4.69) is 4.99 Å². The van der Waals surface area contributed by atoms with Gasteiger partial charge in [0.05, 0.1) is 10.7 Å². The fourth-order valence-corrected chi connectivity index (χ4v) is 3.61. The number of rotatable bonds is 5. The number of hydrogen-bond acceptors (Lipinski definition) is 4. The first kappa shape index (κ1) is 19.1. The van der Waals surface area contributed by atoms with E-state index in [-0.39, 0.29) is 15.7 Å². The normalized spacial score (nSPS) is 11.7. The van der Waals surface area contributed by atoms with Crippen molar-refractivity contribution in [3.63, 3.8) is 0 Å². The Morgan fingerprint density at radius 3 is 2.33 bits per heavy atom. The Hall–Kier alpha value is -2.63.